The maximum atomic E-state index is 12.6. The fourth-order valence-corrected chi connectivity index (χ4v) is 3.23. The number of alkyl halides is 3. The summed E-state index contributed by atoms with van der Waals surface area (Å²) in [5.74, 6) is -0.0680. The van der Waals surface area contributed by atoms with E-state index < -0.39 is 33.0 Å². The topological polar surface area (TPSA) is 72.9 Å². The first-order chi connectivity index (χ1) is 10.3. The highest BCUT2D eigenvalue weighted by atomic mass is 32.2. The van der Waals surface area contributed by atoms with Crippen LogP contribution in [0.4, 0.5) is 18.0 Å². The van der Waals surface area contributed by atoms with E-state index in [0.29, 0.717) is 6.42 Å². The van der Waals surface area contributed by atoms with Crippen molar-refractivity contribution < 1.29 is 35.3 Å². The van der Waals surface area contributed by atoms with E-state index in [9.17, 15) is 26.4 Å². The van der Waals surface area contributed by atoms with Gasteiger partial charge in [-0.25, -0.2) is 8.98 Å². The average Bonchev–Trinajstić information content (AvgIpc) is 2.35. The molecule has 2 unspecified atom stereocenters. The molecular weight excluding hydrogens is 339 g/mol. The summed E-state index contributed by atoms with van der Waals surface area (Å²) in [7, 11) is -5.85. The Bertz CT molecular complexity index is 623. The normalized spacial score (nSPS) is 28.1. The fourth-order valence-electron chi connectivity index (χ4n) is 2.52. The molecule has 0 aromatic carbocycles. The van der Waals surface area contributed by atoms with Gasteiger partial charge in [-0.15, -0.1) is 0 Å². The van der Waals surface area contributed by atoms with Crippen LogP contribution in [0, 0.1) is 5.92 Å². The average molecular weight is 357 g/mol. The number of carbonyl (C=O) groups is 1. The lowest BCUT2D eigenvalue weighted by atomic mass is 9.84. The lowest BCUT2D eigenvalue weighted by Gasteiger charge is -2.49. The molecule has 1 fully saturated rings. The molecule has 0 aromatic rings. The molecule has 0 radical (unpaired) electrons. The quantitative estimate of drug-likeness (QED) is 0.432. The Morgan fingerprint density at radius 1 is 1.30 bits per heavy atom. The maximum absolute atomic E-state index is 12.6. The smallest absolute Gasteiger partial charge is 0.444 e. The van der Waals surface area contributed by atoms with Gasteiger partial charge in [-0.05, 0) is 39.2 Å². The van der Waals surface area contributed by atoms with Gasteiger partial charge in [0.25, 0.3) is 0 Å². The first-order valence-electron chi connectivity index (χ1n) is 6.98. The molecule has 2 aliphatic heterocycles. The molecule has 3 aliphatic rings. The molecule has 10 heteroatoms. The zero-order chi connectivity index (χ0) is 17.7. The number of ether oxygens (including phenoxy) is 1. The van der Waals surface area contributed by atoms with Crippen LogP contribution in [0.3, 0.4) is 0 Å². The molecule has 3 rings (SSSR count). The van der Waals surface area contributed by atoms with E-state index in [1.165, 1.54) is 6.08 Å². The number of carbonyl (C=O) groups excluding carboxylic acids is 1. The van der Waals surface area contributed by atoms with Crippen LogP contribution in [0.2, 0.25) is 0 Å². The summed E-state index contributed by atoms with van der Waals surface area (Å²) in [6, 6.07) is 0. The van der Waals surface area contributed by atoms with E-state index >= 15 is 0 Å². The SMILES string of the molecule is CC(C)(C)OC(=O)N1CC2C=CC1(OS(=O)(=O)C(F)(F)F)CC2. The lowest BCUT2D eigenvalue weighted by molar-refractivity contribution is -0.111. The summed E-state index contributed by atoms with van der Waals surface area (Å²) in [6.45, 7) is 4.84. The van der Waals surface area contributed by atoms with Gasteiger partial charge in [0, 0.05) is 13.0 Å². The minimum atomic E-state index is -5.85. The predicted molar refractivity (Wildman–Crippen MR) is 73.6 cm³/mol. The highest BCUT2D eigenvalue weighted by Gasteiger charge is 2.57. The van der Waals surface area contributed by atoms with Gasteiger partial charge >= 0.3 is 21.7 Å². The predicted octanol–water partition coefficient (Wildman–Crippen LogP) is 2.77. The van der Waals surface area contributed by atoms with Crippen molar-refractivity contribution in [2.24, 2.45) is 5.92 Å². The largest absolute Gasteiger partial charge is 0.523 e. The van der Waals surface area contributed by atoms with Gasteiger partial charge in [0.15, 0.2) is 5.72 Å². The van der Waals surface area contributed by atoms with Crippen LogP contribution in [0.25, 0.3) is 0 Å². The Morgan fingerprint density at radius 3 is 2.35 bits per heavy atom. The van der Waals surface area contributed by atoms with E-state index in [0.717, 1.165) is 4.90 Å². The minimum absolute atomic E-state index is 0.0405. The monoisotopic (exact) mass is 357 g/mol. The van der Waals surface area contributed by atoms with E-state index in [4.69, 9.17) is 4.74 Å². The van der Waals surface area contributed by atoms with Crippen molar-refractivity contribution in [3.63, 3.8) is 0 Å². The lowest BCUT2D eigenvalue weighted by Crippen LogP contribution is -2.61. The van der Waals surface area contributed by atoms with Crippen LogP contribution < -0.4 is 0 Å². The van der Waals surface area contributed by atoms with Gasteiger partial charge in [-0.2, -0.15) is 21.6 Å². The standard InChI is InChI=1S/C13H18F3NO5S/c1-11(2,3)21-10(18)17-8-9-4-6-12(17,7-5-9)22-23(19,20)13(14,15)16/h4,6,9H,5,7-8H2,1-3H3. The molecule has 2 atom stereocenters. The molecular formula is C13H18F3NO5S. The maximum Gasteiger partial charge on any atom is 0.523 e. The molecule has 0 aromatic heterocycles. The van der Waals surface area contributed by atoms with Crippen molar-refractivity contribution in [2.45, 2.75) is 50.4 Å². The zero-order valence-corrected chi connectivity index (χ0v) is 13.7. The van der Waals surface area contributed by atoms with Gasteiger partial charge in [0.2, 0.25) is 0 Å². The van der Waals surface area contributed by atoms with E-state index in [1.54, 1.807) is 26.8 Å². The second-order valence-electron chi connectivity index (χ2n) is 6.58. The molecule has 0 saturated carbocycles. The Hall–Kier alpha value is -1.29. The van der Waals surface area contributed by atoms with Crippen molar-refractivity contribution in [3.05, 3.63) is 12.2 Å². The van der Waals surface area contributed by atoms with Gasteiger partial charge in [-0.1, -0.05) is 6.08 Å². The van der Waals surface area contributed by atoms with Gasteiger partial charge in [0.05, 0.1) is 0 Å². The summed E-state index contributed by atoms with van der Waals surface area (Å²) in [5.41, 5.74) is -8.43. The summed E-state index contributed by atoms with van der Waals surface area (Å²) in [4.78, 5) is 13.2. The molecule has 2 bridgehead atoms. The first kappa shape index (κ1) is 18.1. The zero-order valence-electron chi connectivity index (χ0n) is 12.9. The van der Waals surface area contributed by atoms with Crippen LogP contribution >= 0.6 is 0 Å². The van der Waals surface area contributed by atoms with Crippen LogP contribution in [-0.2, 0) is 19.0 Å². The Kier molecular flexibility index (Phi) is 4.21. The van der Waals surface area contributed by atoms with Crippen LogP contribution in [0.1, 0.15) is 33.6 Å². The molecule has 1 amide bonds. The number of nitrogens with zero attached hydrogens (tertiary/aromatic N) is 1. The highest BCUT2D eigenvalue weighted by Crippen LogP contribution is 2.43. The summed E-state index contributed by atoms with van der Waals surface area (Å²) in [6.07, 6.45) is 2.21. The molecule has 23 heavy (non-hydrogen) atoms. The second-order valence-corrected chi connectivity index (χ2v) is 8.11. The van der Waals surface area contributed by atoms with Gasteiger partial charge < -0.3 is 4.74 Å². The van der Waals surface area contributed by atoms with Gasteiger partial charge in [0.1, 0.15) is 5.60 Å². The third kappa shape index (κ3) is 3.63. The van der Waals surface area contributed by atoms with E-state index in [2.05, 4.69) is 4.18 Å². The number of fused-ring (bicyclic) bond motifs is 2. The van der Waals surface area contributed by atoms with Crippen molar-refractivity contribution in [3.8, 4) is 0 Å². The van der Waals surface area contributed by atoms with Crippen molar-refractivity contribution in [1.29, 1.82) is 0 Å². The molecule has 1 aliphatic carbocycles. The Labute approximate surface area is 132 Å². The number of amides is 1. The second kappa shape index (κ2) is 5.37. The van der Waals surface area contributed by atoms with Crippen LogP contribution in [-0.4, -0.2) is 42.8 Å². The van der Waals surface area contributed by atoms with E-state index in [1.807, 2.05) is 0 Å². The third-order valence-electron chi connectivity index (χ3n) is 3.53. The highest BCUT2D eigenvalue weighted by molar-refractivity contribution is 7.87. The Balaban J connectivity index is 2.33. The summed E-state index contributed by atoms with van der Waals surface area (Å²) < 4.78 is 70.3. The van der Waals surface area contributed by atoms with Crippen LogP contribution in [0.5, 0.6) is 0 Å². The van der Waals surface area contributed by atoms with Crippen molar-refractivity contribution >= 4 is 16.2 Å². The fraction of sp³-hybridized carbons (Fsp3) is 0.769. The van der Waals surface area contributed by atoms with Gasteiger partial charge in [-0.3, -0.25) is 4.90 Å². The molecule has 0 spiro atoms. The minimum Gasteiger partial charge on any atom is -0.444 e. The number of rotatable bonds is 2. The third-order valence-corrected chi connectivity index (χ3v) is 4.60. The number of hydrogen-bond acceptors (Lipinski definition) is 5. The number of hydrogen-bond donors (Lipinski definition) is 0. The number of piperidine rings is 1. The molecule has 132 valence electrons. The van der Waals surface area contributed by atoms with E-state index in [-0.39, 0.29) is 18.9 Å². The van der Waals surface area contributed by atoms with Crippen LogP contribution in [0.15, 0.2) is 12.2 Å². The first-order valence-corrected chi connectivity index (χ1v) is 8.38. The Morgan fingerprint density at radius 2 is 1.91 bits per heavy atom. The molecule has 0 N–H and O–H groups in total. The number of halogens is 3. The van der Waals surface area contributed by atoms with Crippen molar-refractivity contribution in [2.75, 3.05) is 6.54 Å². The molecule has 1 saturated heterocycles. The van der Waals surface area contributed by atoms with Crippen molar-refractivity contribution in [1.82, 2.24) is 4.90 Å². The molecule has 2 heterocycles. The summed E-state index contributed by atoms with van der Waals surface area (Å²) in [5, 5.41) is 0. The summed E-state index contributed by atoms with van der Waals surface area (Å²) >= 11 is 0. The molecule has 6 nitrogen and oxygen atoms in total.